The number of rotatable bonds is 4. The van der Waals surface area contributed by atoms with Crippen molar-refractivity contribution in [3.63, 3.8) is 0 Å². The first-order valence-corrected chi connectivity index (χ1v) is 6.09. The molecule has 0 amide bonds. The smallest absolute Gasteiger partial charge is 0.0700 e. The zero-order chi connectivity index (χ0) is 9.80. The van der Waals surface area contributed by atoms with Crippen molar-refractivity contribution < 1.29 is 4.74 Å². The summed E-state index contributed by atoms with van der Waals surface area (Å²) < 4.78 is 5.54. The standard InChI is InChI=1S/C11H17NOS/c1-9-4-6-14-11(9)8-12-7-10-3-2-5-13-10/h4,6,10,12H,2-3,5,7-8H2,1H3. The van der Waals surface area contributed by atoms with Gasteiger partial charge < -0.3 is 10.1 Å². The average molecular weight is 211 g/mol. The summed E-state index contributed by atoms with van der Waals surface area (Å²) in [6.45, 7) is 5.10. The molecule has 78 valence electrons. The minimum Gasteiger partial charge on any atom is -0.377 e. The molecule has 2 nitrogen and oxygen atoms in total. The fourth-order valence-electron chi connectivity index (χ4n) is 1.74. The van der Waals surface area contributed by atoms with Gasteiger partial charge in [0, 0.05) is 24.6 Å². The lowest BCUT2D eigenvalue weighted by Crippen LogP contribution is -2.25. The SMILES string of the molecule is Cc1ccsc1CNCC1CCCO1. The Morgan fingerprint density at radius 1 is 1.64 bits per heavy atom. The van der Waals surface area contributed by atoms with Gasteiger partial charge in [-0.1, -0.05) is 0 Å². The van der Waals surface area contributed by atoms with E-state index in [1.165, 1.54) is 23.3 Å². The molecular weight excluding hydrogens is 194 g/mol. The summed E-state index contributed by atoms with van der Waals surface area (Å²) in [4.78, 5) is 1.45. The highest BCUT2D eigenvalue weighted by molar-refractivity contribution is 7.10. The van der Waals surface area contributed by atoms with Crippen LogP contribution in [0.2, 0.25) is 0 Å². The van der Waals surface area contributed by atoms with Crippen LogP contribution in [0.4, 0.5) is 0 Å². The van der Waals surface area contributed by atoms with Crippen molar-refractivity contribution in [3.8, 4) is 0 Å². The number of ether oxygens (including phenoxy) is 1. The summed E-state index contributed by atoms with van der Waals surface area (Å²) in [7, 11) is 0. The second-order valence-electron chi connectivity index (χ2n) is 3.79. The van der Waals surface area contributed by atoms with Gasteiger partial charge >= 0.3 is 0 Å². The predicted octanol–water partition coefficient (Wildman–Crippen LogP) is 2.33. The van der Waals surface area contributed by atoms with E-state index < -0.39 is 0 Å². The average Bonchev–Trinajstić information content (AvgIpc) is 2.78. The zero-order valence-electron chi connectivity index (χ0n) is 8.58. The molecule has 1 fully saturated rings. The second-order valence-corrected chi connectivity index (χ2v) is 4.79. The normalized spacial score (nSPS) is 21.6. The van der Waals surface area contributed by atoms with Crippen LogP contribution < -0.4 is 5.32 Å². The maximum absolute atomic E-state index is 5.54. The summed E-state index contributed by atoms with van der Waals surface area (Å²) in [6.07, 6.45) is 2.90. The van der Waals surface area contributed by atoms with Crippen LogP contribution in [0.15, 0.2) is 11.4 Å². The van der Waals surface area contributed by atoms with Gasteiger partial charge in [-0.15, -0.1) is 11.3 Å². The minimum atomic E-state index is 0.454. The Kier molecular flexibility index (Phi) is 3.56. The molecule has 0 saturated carbocycles. The maximum Gasteiger partial charge on any atom is 0.0700 e. The van der Waals surface area contributed by atoms with E-state index in [1.54, 1.807) is 0 Å². The van der Waals surface area contributed by atoms with Gasteiger partial charge in [0.2, 0.25) is 0 Å². The van der Waals surface area contributed by atoms with E-state index >= 15 is 0 Å². The van der Waals surface area contributed by atoms with Gasteiger partial charge in [-0.05, 0) is 36.8 Å². The number of hydrogen-bond acceptors (Lipinski definition) is 3. The lowest BCUT2D eigenvalue weighted by Gasteiger charge is -2.10. The fraction of sp³-hybridized carbons (Fsp3) is 0.636. The van der Waals surface area contributed by atoms with Gasteiger partial charge in [-0.3, -0.25) is 0 Å². The molecule has 1 saturated heterocycles. The molecule has 0 radical (unpaired) electrons. The third kappa shape index (κ3) is 2.56. The number of thiophene rings is 1. The third-order valence-corrected chi connectivity index (χ3v) is 3.67. The largest absolute Gasteiger partial charge is 0.377 e. The third-order valence-electron chi connectivity index (χ3n) is 2.65. The van der Waals surface area contributed by atoms with E-state index in [4.69, 9.17) is 4.74 Å². The van der Waals surface area contributed by atoms with Gasteiger partial charge in [-0.25, -0.2) is 0 Å². The molecule has 1 aliphatic heterocycles. The van der Waals surface area contributed by atoms with Crippen molar-refractivity contribution in [1.29, 1.82) is 0 Å². The van der Waals surface area contributed by atoms with E-state index in [9.17, 15) is 0 Å². The van der Waals surface area contributed by atoms with E-state index in [0.29, 0.717) is 6.10 Å². The molecule has 0 aliphatic carbocycles. The molecule has 3 heteroatoms. The van der Waals surface area contributed by atoms with Crippen LogP contribution in [-0.2, 0) is 11.3 Å². The molecule has 0 bridgehead atoms. The molecule has 1 unspecified atom stereocenters. The predicted molar refractivity (Wildman–Crippen MR) is 59.7 cm³/mol. The number of nitrogens with one attached hydrogen (secondary N) is 1. The van der Waals surface area contributed by atoms with E-state index in [0.717, 1.165) is 19.7 Å². The lowest BCUT2D eigenvalue weighted by molar-refractivity contribution is 0.110. The molecular formula is C11H17NOS. The molecule has 1 aliphatic rings. The van der Waals surface area contributed by atoms with Crippen LogP contribution in [0, 0.1) is 6.92 Å². The highest BCUT2D eigenvalue weighted by Gasteiger charge is 2.14. The Balaban J connectivity index is 1.70. The summed E-state index contributed by atoms with van der Waals surface area (Å²) in [5, 5.41) is 5.61. The second kappa shape index (κ2) is 4.91. The summed E-state index contributed by atoms with van der Waals surface area (Å²) in [5.74, 6) is 0. The molecule has 2 rings (SSSR count). The van der Waals surface area contributed by atoms with Crippen LogP contribution in [0.25, 0.3) is 0 Å². The molecule has 14 heavy (non-hydrogen) atoms. The minimum absolute atomic E-state index is 0.454. The summed E-state index contributed by atoms with van der Waals surface area (Å²) >= 11 is 1.83. The molecule has 0 spiro atoms. The first-order valence-electron chi connectivity index (χ1n) is 5.21. The molecule has 1 atom stereocenters. The first kappa shape index (κ1) is 10.1. The van der Waals surface area contributed by atoms with Crippen LogP contribution >= 0.6 is 11.3 Å². The molecule has 0 aromatic carbocycles. The van der Waals surface area contributed by atoms with E-state index in [1.807, 2.05) is 11.3 Å². The monoisotopic (exact) mass is 211 g/mol. The molecule has 1 aromatic heterocycles. The van der Waals surface area contributed by atoms with Crippen molar-refractivity contribution >= 4 is 11.3 Å². The van der Waals surface area contributed by atoms with E-state index in [2.05, 4.69) is 23.7 Å². The molecule has 1 aromatic rings. The van der Waals surface area contributed by atoms with Gasteiger partial charge in [0.1, 0.15) is 0 Å². The van der Waals surface area contributed by atoms with Gasteiger partial charge in [0.05, 0.1) is 6.10 Å². The highest BCUT2D eigenvalue weighted by Crippen LogP contribution is 2.15. The number of hydrogen-bond donors (Lipinski definition) is 1. The molecule has 2 heterocycles. The summed E-state index contributed by atoms with van der Waals surface area (Å²) in [6, 6.07) is 2.17. The first-order chi connectivity index (χ1) is 6.86. The van der Waals surface area contributed by atoms with Crippen molar-refractivity contribution in [1.82, 2.24) is 5.32 Å². The topological polar surface area (TPSA) is 21.3 Å². The van der Waals surface area contributed by atoms with Gasteiger partial charge in [0.25, 0.3) is 0 Å². The Morgan fingerprint density at radius 2 is 2.57 bits per heavy atom. The van der Waals surface area contributed by atoms with Crippen LogP contribution in [0.1, 0.15) is 23.3 Å². The maximum atomic E-state index is 5.54. The zero-order valence-corrected chi connectivity index (χ0v) is 9.40. The van der Waals surface area contributed by atoms with Crippen LogP contribution in [-0.4, -0.2) is 19.3 Å². The number of aryl methyl sites for hydroxylation is 1. The Labute approximate surface area is 89.3 Å². The highest BCUT2D eigenvalue weighted by atomic mass is 32.1. The van der Waals surface area contributed by atoms with Crippen LogP contribution in [0.5, 0.6) is 0 Å². The Morgan fingerprint density at radius 3 is 3.21 bits per heavy atom. The fourth-order valence-corrected chi connectivity index (χ4v) is 2.61. The van der Waals surface area contributed by atoms with Gasteiger partial charge in [-0.2, -0.15) is 0 Å². The van der Waals surface area contributed by atoms with E-state index in [-0.39, 0.29) is 0 Å². The van der Waals surface area contributed by atoms with Crippen molar-refractivity contribution in [2.24, 2.45) is 0 Å². The Bertz CT molecular complexity index is 279. The van der Waals surface area contributed by atoms with Crippen LogP contribution in [0.3, 0.4) is 0 Å². The van der Waals surface area contributed by atoms with Gasteiger partial charge in [0.15, 0.2) is 0 Å². The lowest BCUT2D eigenvalue weighted by atomic mass is 10.2. The Hall–Kier alpha value is -0.380. The van der Waals surface area contributed by atoms with Crippen molar-refractivity contribution in [2.45, 2.75) is 32.4 Å². The quantitative estimate of drug-likeness (QED) is 0.825. The van der Waals surface area contributed by atoms with Crippen molar-refractivity contribution in [3.05, 3.63) is 21.9 Å². The molecule has 1 N–H and O–H groups in total. The van der Waals surface area contributed by atoms with Crippen molar-refractivity contribution in [2.75, 3.05) is 13.2 Å². The summed E-state index contributed by atoms with van der Waals surface area (Å²) in [5.41, 5.74) is 1.40.